The summed E-state index contributed by atoms with van der Waals surface area (Å²) in [6.07, 6.45) is 1.59. The maximum atomic E-state index is 9.07. The Bertz CT molecular complexity index is 384. The molecule has 0 aliphatic rings. The molecule has 1 N–H and O–H groups in total. The van der Waals surface area contributed by atoms with E-state index in [4.69, 9.17) is 9.52 Å². The number of rotatable bonds is 3. The van der Waals surface area contributed by atoms with Crippen molar-refractivity contribution < 1.29 is 9.52 Å². The third kappa shape index (κ3) is 1.31. The third-order valence-corrected chi connectivity index (χ3v) is 2.01. The van der Waals surface area contributed by atoms with Crippen molar-refractivity contribution in [1.29, 1.82) is 0 Å². The number of aliphatic hydroxyl groups is 1. The van der Waals surface area contributed by atoms with Gasteiger partial charge in [-0.3, -0.25) is 0 Å². The zero-order chi connectivity index (χ0) is 9.97. The molecule has 0 spiro atoms. The molecule has 0 aliphatic carbocycles. The van der Waals surface area contributed by atoms with Crippen molar-refractivity contribution in [2.45, 2.75) is 20.1 Å². The topological polar surface area (TPSA) is 64.1 Å². The van der Waals surface area contributed by atoms with Crippen molar-refractivity contribution >= 4 is 0 Å². The van der Waals surface area contributed by atoms with E-state index in [0.29, 0.717) is 18.0 Å². The molecule has 0 unspecified atom stereocenters. The van der Waals surface area contributed by atoms with Gasteiger partial charge in [0.25, 0.3) is 0 Å². The second kappa shape index (κ2) is 3.63. The van der Waals surface area contributed by atoms with E-state index < -0.39 is 0 Å². The Labute approximate surface area is 81.0 Å². The van der Waals surface area contributed by atoms with Crippen LogP contribution in [0.1, 0.15) is 12.6 Å². The van der Waals surface area contributed by atoms with Crippen molar-refractivity contribution in [1.82, 2.24) is 15.0 Å². The molecule has 14 heavy (non-hydrogen) atoms. The molecule has 2 heterocycles. The van der Waals surface area contributed by atoms with Crippen LogP contribution < -0.4 is 0 Å². The summed E-state index contributed by atoms with van der Waals surface area (Å²) >= 11 is 0. The zero-order valence-corrected chi connectivity index (χ0v) is 7.84. The van der Waals surface area contributed by atoms with Crippen molar-refractivity contribution in [2.24, 2.45) is 0 Å². The van der Waals surface area contributed by atoms with Crippen LogP contribution in [0.3, 0.4) is 0 Å². The molecule has 0 aliphatic heterocycles. The lowest BCUT2D eigenvalue weighted by Gasteiger charge is -2.00. The first kappa shape index (κ1) is 8.96. The second-order valence-corrected chi connectivity index (χ2v) is 2.84. The highest BCUT2D eigenvalue weighted by Gasteiger charge is 2.14. The minimum Gasteiger partial charge on any atom is -0.463 e. The molecule has 0 saturated carbocycles. The molecule has 0 fully saturated rings. The summed E-state index contributed by atoms with van der Waals surface area (Å²) < 4.78 is 6.95. The Hall–Kier alpha value is -1.62. The van der Waals surface area contributed by atoms with E-state index in [9.17, 15) is 0 Å². The highest BCUT2D eigenvalue weighted by atomic mass is 16.3. The first-order valence-corrected chi connectivity index (χ1v) is 4.44. The molecular weight excluding hydrogens is 182 g/mol. The van der Waals surface area contributed by atoms with Gasteiger partial charge < -0.3 is 9.52 Å². The van der Waals surface area contributed by atoms with Gasteiger partial charge in [0.15, 0.2) is 5.76 Å². The Kier molecular flexibility index (Phi) is 2.32. The Morgan fingerprint density at radius 2 is 2.43 bits per heavy atom. The van der Waals surface area contributed by atoms with Gasteiger partial charge in [-0.05, 0) is 19.1 Å². The standard InChI is InChI=1S/C9H11N3O2/c1-2-12-9(7(6-13)10-11-12)8-4-3-5-14-8/h3-5,13H,2,6H2,1H3. The van der Waals surface area contributed by atoms with Crippen molar-refractivity contribution in [2.75, 3.05) is 0 Å². The van der Waals surface area contributed by atoms with Gasteiger partial charge in [-0.2, -0.15) is 0 Å². The average Bonchev–Trinajstić information content (AvgIpc) is 2.85. The molecular formula is C9H11N3O2. The van der Waals surface area contributed by atoms with Gasteiger partial charge in [0, 0.05) is 6.54 Å². The summed E-state index contributed by atoms with van der Waals surface area (Å²) in [6.45, 7) is 2.53. The van der Waals surface area contributed by atoms with Crippen LogP contribution in [-0.2, 0) is 13.2 Å². The molecule has 0 bridgehead atoms. The van der Waals surface area contributed by atoms with Gasteiger partial charge in [0.2, 0.25) is 0 Å². The fourth-order valence-corrected chi connectivity index (χ4v) is 1.36. The monoisotopic (exact) mass is 193 g/mol. The van der Waals surface area contributed by atoms with Gasteiger partial charge >= 0.3 is 0 Å². The van der Waals surface area contributed by atoms with E-state index in [1.165, 1.54) is 0 Å². The normalized spacial score (nSPS) is 10.7. The van der Waals surface area contributed by atoms with Crippen LogP contribution >= 0.6 is 0 Å². The van der Waals surface area contributed by atoms with E-state index >= 15 is 0 Å². The fraction of sp³-hybridized carbons (Fsp3) is 0.333. The van der Waals surface area contributed by atoms with Crippen LogP contribution in [0.15, 0.2) is 22.8 Å². The molecule has 5 heteroatoms. The summed E-state index contributed by atoms with van der Waals surface area (Å²) in [6, 6.07) is 3.62. The van der Waals surface area contributed by atoms with Crippen LogP contribution in [-0.4, -0.2) is 20.1 Å². The molecule has 0 aromatic carbocycles. The minimum atomic E-state index is -0.129. The van der Waals surface area contributed by atoms with Crippen LogP contribution in [0, 0.1) is 0 Å². The summed E-state index contributed by atoms with van der Waals surface area (Å²) in [4.78, 5) is 0. The van der Waals surface area contributed by atoms with Gasteiger partial charge in [-0.1, -0.05) is 5.21 Å². The van der Waals surface area contributed by atoms with E-state index in [2.05, 4.69) is 10.3 Å². The predicted octanol–water partition coefficient (Wildman–Crippen LogP) is 1.05. The van der Waals surface area contributed by atoms with E-state index in [-0.39, 0.29) is 6.61 Å². The highest BCUT2D eigenvalue weighted by molar-refractivity contribution is 5.54. The number of nitrogens with zero attached hydrogens (tertiary/aromatic N) is 3. The SMILES string of the molecule is CCn1nnc(CO)c1-c1ccco1. The predicted molar refractivity (Wildman–Crippen MR) is 49.3 cm³/mol. The van der Waals surface area contributed by atoms with Gasteiger partial charge in [0.05, 0.1) is 12.9 Å². The number of hydrogen-bond donors (Lipinski definition) is 1. The molecule has 5 nitrogen and oxygen atoms in total. The second-order valence-electron chi connectivity index (χ2n) is 2.84. The van der Waals surface area contributed by atoms with E-state index in [1.807, 2.05) is 13.0 Å². The smallest absolute Gasteiger partial charge is 0.153 e. The van der Waals surface area contributed by atoms with Crippen LogP contribution in [0.5, 0.6) is 0 Å². The minimum absolute atomic E-state index is 0.129. The Balaban J connectivity index is 2.54. The van der Waals surface area contributed by atoms with Gasteiger partial charge in [-0.15, -0.1) is 5.10 Å². The molecule has 0 atom stereocenters. The molecule has 2 aromatic heterocycles. The first-order chi connectivity index (χ1) is 6.86. The van der Waals surface area contributed by atoms with Crippen molar-refractivity contribution in [3.63, 3.8) is 0 Å². The highest BCUT2D eigenvalue weighted by Crippen LogP contribution is 2.22. The van der Waals surface area contributed by atoms with Crippen LogP contribution in [0.25, 0.3) is 11.5 Å². The number of aromatic nitrogens is 3. The van der Waals surface area contributed by atoms with Crippen LogP contribution in [0.2, 0.25) is 0 Å². The third-order valence-electron chi connectivity index (χ3n) is 2.01. The number of furan rings is 1. The molecule has 74 valence electrons. The number of aliphatic hydroxyl groups excluding tert-OH is 1. The summed E-state index contributed by atoms with van der Waals surface area (Å²) in [5.74, 6) is 0.681. The van der Waals surface area contributed by atoms with Crippen LogP contribution in [0.4, 0.5) is 0 Å². The number of aryl methyl sites for hydroxylation is 1. The molecule has 2 aromatic rings. The lowest BCUT2D eigenvalue weighted by molar-refractivity contribution is 0.277. The molecule has 0 amide bonds. The van der Waals surface area contributed by atoms with Crippen molar-refractivity contribution in [3.8, 4) is 11.5 Å². The maximum Gasteiger partial charge on any atom is 0.153 e. The van der Waals surface area contributed by atoms with E-state index in [1.54, 1.807) is 17.0 Å². The van der Waals surface area contributed by atoms with E-state index in [0.717, 1.165) is 5.69 Å². The summed E-state index contributed by atoms with van der Waals surface area (Å²) in [5, 5.41) is 16.8. The Morgan fingerprint density at radius 3 is 3.00 bits per heavy atom. The Morgan fingerprint density at radius 1 is 1.57 bits per heavy atom. The van der Waals surface area contributed by atoms with Gasteiger partial charge in [0.1, 0.15) is 11.4 Å². The largest absolute Gasteiger partial charge is 0.463 e. The quantitative estimate of drug-likeness (QED) is 0.791. The molecule has 0 radical (unpaired) electrons. The van der Waals surface area contributed by atoms with Crippen molar-refractivity contribution in [3.05, 3.63) is 24.1 Å². The molecule has 0 saturated heterocycles. The summed E-state index contributed by atoms with van der Waals surface area (Å²) in [7, 11) is 0. The first-order valence-electron chi connectivity index (χ1n) is 4.44. The fourth-order valence-electron chi connectivity index (χ4n) is 1.36. The summed E-state index contributed by atoms with van der Waals surface area (Å²) in [5.41, 5.74) is 1.29. The van der Waals surface area contributed by atoms with Gasteiger partial charge in [-0.25, -0.2) is 4.68 Å². The lowest BCUT2D eigenvalue weighted by Crippen LogP contribution is -1.99. The molecule has 2 rings (SSSR count). The number of hydrogen-bond acceptors (Lipinski definition) is 4. The zero-order valence-electron chi connectivity index (χ0n) is 7.84. The lowest BCUT2D eigenvalue weighted by atomic mass is 10.2. The maximum absolute atomic E-state index is 9.07. The average molecular weight is 193 g/mol.